The van der Waals surface area contributed by atoms with Crippen molar-refractivity contribution >= 4 is 58.4 Å². The van der Waals surface area contributed by atoms with Crippen LogP contribution in [0.4, 0.5) is 34.1 Å². The molecule has 0 N–H and O–H groups in total. The first-order chi connectivity index (χ1) is 31.7. The van der Waals surface area contributed by atoms with Crippen molar-refractivity contribution in [3.8, 4) is 22.3 Å². The number of fused-ring (bicyclic) bond motifs is 4. The Hall–Kier alpha value is -7.94. The van der Waals surface area contributed by atoms with E-state index in [-0.39, 0.29) is 0 Å². The summed E-state index contributed by atoms with van der Waals surface area (Å²) in [6.07, 6.45) is 13.0. The summed E-state index contributed by atoms with van der Waals surface area (Å²) in [6, 6.07) is 79.7. The molecule has 64 heavy (non-hydrogen) atoms. The lowest BCUT2D eigenvalue weighted by atomic mass is 9.98. The number of anilines is 6. The maximum Gasteiger partial charge on any atom is 0.0493 e. The molecule has 11 rings (SSSR count). The predicted octanol–water partition coefficient (Wildman–Crippen LogP) is 16.5. The van der Waals surface area contributed by atoms with Crippen LogP contribution >= 0.6 is 0 Å². The summed E-state index contributed by atoms with van der Waals surface area (Å²) < 4.78 is 0. The average Bonchev–Trinajstić information content (AvgIpc) is 3.64. The summed E-state index contributed by atoms with van der Waals surface area (Å²) in [5, 5.41) is 0. The van der Waals surface area contributed by atoms with E-state index < -0.39 is 0 Å². The van der Waals surface area contributed by atoms with Crippen LogP contribution in [0.3, 0.4) is 0 Å². The van der Waals surface area contributed by atoms with E-state index in [1.807, 2.05) is 0 Å². The van der Waals surface area contributed by atoms with Gasteiger partial charge in [0.25, 0.3) is 0 Å². The van der Waals surface area contributed by atoms with Gasteiger partial charge in [-0.3, -0.25) is 0 Å². The topological polar surface area (TPSA) is 6.48 Å². The molecule has 2 nitrogen and oxygen atoms in total. The molecule has 2 aliphatic heterocycles. The molecule has 0 spiro atoms. The monoisotopic (exact) mass is 820 g/mol. The Morgan fingerprint density at radius 1 is 0.234 bits per heavy atom. The highest BCUT2D eigenvalue weighted by atomic mass is 15.2. The lowest BCUT2D eigenvalue weighted by Gasteiger charge is -2.27. The largest absolute Gasteiger partial charge is 0.310 e. The summed E-state index contributed by atoms with van der Waals surface area (Å²) >= 11 is 0. The van der Waals surface area contributed by atoms with Crippen LogP contribution in [0.15, 0.2) is 218 Å². The normalized spacial score (nSPS) is 13.2. The minimum Gasteiger partial charge on any atom is -0.310 e. The van der Waals surface area contributed by atoms with Gasteiger partial charge in [0.1, 0.15) is 0 Å². The Morgan fingerprint density at radius 3 is 0.719 bits per heavy atom. The second-order valence-electron chi connectivity index (χ2n) is 16.9. The summed E-state index contributed by atoms with van der Waals surface area (Å²) in [6.45, 7) is 0. The summed E-state index contributed by atoms with van der Waals surface area (Å²) in [4.78, 5) is 4.84. The van der Waals surface area contributed by atoms with E-state index in [1.54, 1.807) is 0 Å². The minimum atomic E-state index is 1.05. The fourth-order valence-corrected chi connectivity index (χ4v) is 9.40. The molecule has 0 amide bonds. The highest BCUT2D eigenvalue weighted by molar-refractivity contribution is 5.84. The van der Waals surface area contributed by atoms with E-state index in [0.717, 1.165) is 25.7 Å². The van der Waals surface area contributed by atoms with Crippen molar-refractivity contribution in [1.82, 2.24) is 0 Å². The Bertz CT molecular complexity index is 2810. The second kappa shape index (κ2) is 17.4. The van der Waals surface area contributed by atoms with Gasteiger partial charge in [0.05, 0.1) is 0 Å². The first kappa shape index (κ1) is 38.9. The summed E-state index contributed by atoms with van der Waals surface area (Å²) in [5.41, 5.74) is 22.5. The fourth-order valence-electron chi connectivity index (χ4n) is 9.40. The lowest BCUT2D eigenvalue weighted by Crippen LogP contribution is -2.11. The van der Waals surface area contributed by atoms with Crippen LogP contribution in [-0.4, -0.2) is 0 Å². The number of hydrogen-bond donors (Lipinski definition) is 0. The number of hydrogen-bond acceptors (Lipinski definition) is 2. The third-order valence-electron chi connectivity index (χ3n) is 12.9. The van der Waals surface area contributed by atoms with E-state index in [2.05, 4.69) is 252 Å². The van der Waals surface area contributed by atoms with E-state index in [0.29, 0.717) is 0 Å². The van der Waals surface area contributed by atoms with Gasteiger partial charge in [-0.15, -0.1) is 0 Å². The summed E-state index contributed by atoms with van der Waals surface area (Å²) in [5.74, 6) is 0. The molecule has 0 fully saturated rings. The molecule has 2 heteroatoms. The number of benzene rings is 9. The van der Waals surface area contributed by atoms with Gasteiger partial charge in [-0.2, -0.15) is 0 Å². The highest BCUT2D eigenvalue weighted by Gasteiger charge is 2.23. The molecular formula is C62H48N2. The molecule has 0 atom stereocenters. The molecule has 0 bridgehead atoms. The molecule has 0 radical (unpaired) electrons. The van der Waals surface area contributed by atoms with E-state index in [1.165, 1.54) is 101 Å². The molecule has 2 heterocycles. The smallest absolute Gasteiger partial charge is 0.0493 e. The third kappa shape index (κ3) is 7.98. The predicted molar refractivity (Wildman–Crippen MR) is 272 cm³/mol. The van der Waals surface area contributed by atoms with Crippen molar-refractivity contribution < 1.29 is 0 Å². The molecular weight excluding hydrogens is 773 g/mol. The van der Waals surface area contributed by atoms with Crippen LogP contribution in [0.5, 0.6) is 0 Å². The third-order valence-corrected chi connectivity index (χ3v) is 12.9. The second-order valence-corrected chi connectivity index (χ2v) is 16.9. The van der Waals surface area contributed by atoms with Gasteiger partial charge in [-0.25, -0.2) is 0 Å². The maximum absolute atomic E-state index is 2.42. The van der Waals surface area contributed by atoms with E-state index in [4.69, 9.17) is 0 Å². The molecule has 0 aromatic heterocycles. The molecule has 306 valence electrons. The molecule has 0 saturated carbocycles. The van der Waals surface area contributed by atoms with E-state index in [9.17, 15) is 0 Å². The standard InChI is InChI=1S/C62H48N2/c1-5-13-59-53(9-1)37-38-54-10-2-6-14-60(54)63(59)57-41-25-47(26-42-57)19-17-45-21-29-49(30-22-45)51-33-35-52(36-34-51)50-31-23-46(24-32-50)18-20-48-27-43-58(44-28-48)64-61-15-7-3-11-55(61)39-40-56-12-4-8-16-62(56)64/h1-36,41-44H,37-40H2/b19-17+,20-18+. The molecule has 0 aliphatic carbocycles. The Kier molecular flexibility index (Phi) is 10.6. The van der Waals surface area contributed by atoms with Crippen LogP contribution < -0.4 is 9.80 Å². The molecule has 2 aliphatic rings. The Morgan fingerprint density at radius 2 is 0.453 bits per heavy atom. The Balaban J connectivity index is 0.727. The first-order valence-corrected chi connectivity index (χ1v) is 22.5. The van der Waals surface area contributed by atoms with E-state index >= 15 is 0 Å². The fraction of sp³-hybridized carbons (Fsp3) is 0.0645. The molecule has 9 aromatic rings. The quantitative estimate of drug-likeness (QED) is 0.141. The van der Waals surface area contributed by atoms with Crippen molar-refractivity contribution in [2.75, 3.05) is 9.80 Å². The van der Waals surface area contributed by atoms with Crippen molar-refractivity contribution in [1.29, 1.82) is 0 Å². The highest BCUT2D eigenvalue weighted by Crippen LogP contribution is 2.43. The SMILES string of the molecule is C(=C\c1ccc(N2c3ccccc3CCc3ccccc32)cc1)/c1ccc(-c2ccc(-c3ccc(/C=C/c4ccc(N5c6ccccc6CCc6ccccc65)cc4)cc3)cc2)cc1. The van der Waals surface area contributed by atoms with Crippen molar-refractivity contribution in [3.05, 3.63) is 263 Å². The Labute approximate surface area is 377 Å². The van der Waals surface area contributed by atoms with Gasteiger partial charge in [-0.1, -0.05) is 194 Å². The zero-order valence-electron chi connectivity index (χ0n) is 35.8. The van der Waals surface area contributed by atoms with Gasteiger partial charge < -0.3 is 9.80 Å². The van der Waals surface area contributed by atoms with Crippen molar-refractivity contribution in [3.63, 3.8) is 0 Å². The van der Waals surface area contributed by atoms with Gasteiger partial charge in [-0.05, 0) is 141 Å². The van der Waals surface area contributed by atoms with Crippen LogP contribution in [0.25, 0.3) is 46.6 Å². The minimum absolute atomic E-state index is 1.05. The van der Waals surface area contributed by atoms with Crippen molar-refractivity contribution in [2.45, 2.75) is 25.7 Å². The molecule has 0 unspecified atom stereocenters. The lowest BCUT2D eigenvalue weighted by molar-refractivity contribution is 0.977. The molecule has 0 saturated heterocycles. The van der Waals surface area contributed by atoms with Crippen LogP contribution in [0.1, 0.15) is 44.5 Å². The van der Waals surface area contributed by atoms with Crippen LogP contribution in [0, 0.1) is 0 Å². The average molecular weight is 821 g/mol. The van der Waals surface area contributed by atoms with Gasteiger partial charge in [0.15, 0.2) is 0 Å². The van der Waals surface area contributed by atoms with Crippen LogP contribution in [0.2, 0.25) is 0 Å². The number of para-hydroxylation sites is 4. The summed E-state index contributed by atoms with van der Waals surface area (Å²) in [7, 11) is 0. The number of nitrogens with zero attached hydrogens (tertiary/aromatic N) is 2. The van der Waals surface area contributed by atoms with Gasteiger partial charge >= 0.3 is 0 Å². The maximum atomic E-state index is 2.42. The van der Waals surface area contributed by atoms with Gasteiger partial charge in [0.2, 0.25) is 0 Å². The van der Waals surface area contributed by atoms with Crippen LogP contribution in [-0.2, 0) is 25.7 Å². The first-order valence-electron chi connectivity index (χ1n) is 22.5. The zero-order chi connectivity index (χ0) is 42.7. The number of aryl methyl sites for hydroxylation is 4. The molecule has 9 aromatic carbocycles. The number of rotatable bonds is 8. The zero-order valence-corrected chi connectivity index (χ0v) is 35.8. The van der Waals surface area contributed by atoms with Gasteiger partial charge in [0, 0.05) is 34.1 Å². The van der Waals surface area contributed by atoms with Crippen molar-refractivity contribution in [2.24, 2.45) is 0 Å².